The van der Waals surface area contributed by atoms with E-state index in [2.05, 4.69) is 15.7 Å². The van der Waals surface area contributed by atoms with E-state index in [-0.39, 0.29) is 18.9 Å². The van der Waals surface area contributed by atoms with Crippen LogP contribution in [-0.4, -0.2) is 45.5 Å². The maximum absolute atomic E-state index is 12.2. The molecule has 1 heterocycles. The monoisotopic (exact) mass is 389 g/mol. The lowest BCUT2D eigenvalue weighted by Gasteiger charge is -2.12. The summed E-state index contributed by atoms with van der Waals surface area (Å²) in [7, 11) is 0. The van der Waals surface area contributed by atoms with E-state index in [1.54, 1.807) is 28.9 Å². The molecule has 1 aromatic heterocycles. The molecule has 0 aliphatic heterocycles. The quantitative estimate of drug-likeness (QED) is 0.507. The summed E-state index contributed by atoms with van der Waals surface area (Å²) in [6.07, 6.45) is 1.13. The Bertz CT molecular complexity index is 818. The van der Waals surface area contributed by atoms with E-state index in [4.69, 9.17) is 15.6 Å². The Hall–Kier alpha value is -3.40. The number of aromatic nitrogens is 2. The van der Waals surface area contributed by atoms with E-state index in [0.29, 0.717) is 17.8 Å². The van der Waals surface area contributed by atoms with Gasteiger partial charge in [-0.2, -0.15) is 5.10 Å². The van der Waals surface area contributed by atoms with Crippen LogP contribution in [0.2, 0.25) is 0 Å². The summed E-state index contributed by atoms with van der Waals surface area (Å²) < 4.78 is 6.49. The maximum Gasteiger partial charge on any atom is 0.411 e. The fourth-order valence-electron chi connectivity index (χ4n) is 2.26. The zero-order chi connectivity index (χ0) is 20.5. The molecule has 10 nitrogen and oxygen atoms in total. The SMILES string of the molecule is CCn1ccc(C[C@H](N)C(=O)Nc2ccc(NC(=O)OCCC(=O)O)cc2)n1. The van der Waals surface area contributed by atoms with E-state index in [0.717, 1.165) is 12.2 Å². The summed E-state index contributed by atoms with van der Waals surface area (Å²) in [6, 6.07) is 7.42. The van der Waals surface area contributed by atoms with Crippen LogP contribution < -0.4 is 16.4 Å². The number of carbonyl (C=O) groups excluding carboxylic acids is 2. The second-order valence-corrected chi connectivity index (χ2v) is 5.94. The first-order valence-corrected chi connectivity index (χ1v) is 8.71. The van der Waals surface area contributed by atoms with Crippen molar-refractivity contribution in [1.29, 1.82) is 0 Å². The van der Waals surface area contributed by atoms with Gasteiger partial charge in [0.1, 0.15) is 6.61 Å². The number of rotatable bonds is 9. The molecule has 2 aromatic rings. The average Bonchev–Trinajstić information content (AvgIpc) is 3.10. The van der Waals surface area contributed by atoms with Crippen molar-refractivity contribution in [3.63, 3.8) is 0 Å². The molecule has 0 saturated carbocycles. The molecule has 1 aromatic carbocycles. The van der Waals surface area contributed by atoms with Crippen LogP contribution in [0, 0.1) is 0 Å². The second-order valence-electron chi connectivity index (χ2n) is 5.94. The fourth-order valence-corrected chi connectivity index (χ4v) is 2.26. The van der Waals surface area contributed by atoms with Crippen molar-refractivity contribution in [2.24, 2.45) is 5.73 Å². The van der Waals surface area contributed by atoms with Crippen LogP contribution in [0.3, 0.4) is 0 Å². The Kier molecular flexibility index (Phi) is 7.52. The van der Waals surface area contributed by atoms with Gasteiger partial charge < -0.3 is 20.9 Å². The number of aliphatic carboxylic acids is 1. The molecular formula is C18H23N5O5. The van der Waals surface area contributed by atoms with Crippen molar-refractivity contribution in [1.82, 2.24) is 9.78 Å². The molecule has 0 spiro atoms. The highest BCUT2D eigenvalue weighted by molar-refractivity contribution is 5.95. The van der Waals surface area contributed by atoms with Crippen molar-refractivity contribution in [2.75, 3.05) is 17.2 Å². The Balaban J connectivity index is 1.81. The number of amides is 2. The first-order chi connectivity index (χ1) is 13.4. The minimum Gasteiger partial charge on any atom is -0.481 e. The van der Waals surface area contributed by atoms with Crippen molar-refractivity contribution < 1.29 is 24.2 Å². The first kappa shape index (κ1) is 20.9. The van der Waals surface area contributed by atoms with Crippen LogP contribution in [0.5, 0.6) is 0 Å². The first-order valence-electron chi connectivity index (χ1n) is 8.71. The molecule has 10 heteroatoms. The van der Waals surface area contributed by atoms with Crippen molar-refractivity contribution in [3.05, 3.63) is 42.2 Å². The Morgan fingerprint density at radius 3 is 2.39 bits per heavy atom. The van der Waals surface area contributed by atoms with Crippen molar-refractivity contribution >= 4 is 29.3 Å². The maximum atomic E-state index is 12.2. The molecule has 0 radical (unpaired) electrons. The predicted octanol–water partition coefficient (Wildman–Crippen LogP) is 1.43. The van der Waals surface area contributed by atoms with Crippen LogP contribution in [0.15, 0.2) is 36.5 Å². The zero-order valence-electron chi connectivity index (χ0n) is 15.4. The number of nitrogens with zero attached hydrogens (tertiary/aromatic N) is 2. The number of anilines is 2. The zero-order valence-corrected chi connectivity index (χ0v) is 15.4. The number of nitrogens with one attached hydrogen (secondary N) is 2. The molecule has 0 saturated heterocycles. The minimum atomic E-state index is -1.05. The molecule has 28 heavy (non-hydrogen) atoms. The third-order valence-corrected chi connectivity index (χ3v) is 3.73. The summed E-state index contributed by atoms with van der Waals surface area (Å²) in [5.74, 6) is -1.40. The topological polar surface area (TPSA) is 149 Å². The molecule has 0 aliphatic carbocycles. The third-order valence-electron chi connectivity index (χ3n) is 3.73. The van der Waals surface area contributed by atoms with Crippen LogP contribution in [0.25, 0.3) is 0 Å². The van der Waals surface area contributed by atoms with Gasteiger partial charge in [-0.1, -0.05) is 0 Å². The molecule has 2 rings (SSSR count). The average molecular weight is 389 g/mol. The van der Waals surface area contributed by atoms with Gasteiger partial charge >= 0.3 is 12.1 Å². The molecule has 5 N–H and O–H groups in total. The summed E-state index contributed by atoms with van der Waals surface area (Å²) in [5, 5.41) is 18.0. The Morgan fingerprint density at radius 1 is 1.18 bits per heavy atom. The smallest absolute Gasteiger partial charge is 0.411 e. The van der Waals surface area contributed by atoms with Crippen molar-refractivity contribution in [2.45, 2.75) is 32.4 Å². The van der Waals surface area contributed by atoms with Gasteiger partial charge in [0.2, 0.25) is 5.91 Å². The van der Waals surface area contributed by atoms with Gasteiger partial charge in [0.15, 0.2) is 0 Å². The highest BCUT2D eigenvalue weighted by atomic mass is 16.5. The van der Waals surface area contributed by atoms with Gasteiger partial charge in [-0.15, -0.1) is 0 Å². The van der Waals surface area contributed by atoms with Gasteiger partial charge in [0, 0.05) is 30.5 Å². The van der Waals surface area contributed by atoms with Crippen LogP contribution in [0.1, 0.15) is 19.0 Å². The number of benzene rings is 1. The Morgan fingerprint density at radius 2 is 1.82 bits per heavy atom. The summed E-state index contributed by atoms with van der Waals surface area (Å²) >= 11 is 0. The van der Waals surface area contributed by atoms with Gasteiger partial charge in [0.05, 0.1) is 18.2 Å². The highest BCUT2D eigenvalue weighted by Gasteiger charge is 2.16. The Labute approximate surface area is 161 Å². The summed E-state index contributed by atoms with van der Waals surface area (Å²) in [4.78, 5) is 34.1. The number of hydrogen-bond acceptors (Lipinski definition) is 6. The van der Waals surface area contributed by atoms with E-state index in [1.165, 1.54) is 0 Å². The van der Waals surface area contributed by atoms with Crippen LogP contribution in [0.4, 0.5) is 16.2 Å². The van der Waals surface area contributed by atoms with Crippen molar-refractivity contribution in [3.8, 4) is 0 Å². The molecule has 0 fully saturated rings. The van der Waals surface area contributed by atoms with Gasteiger partial charge in [-0.05, 0) is 37.3 Å². The number of ether oxygens (including phenoxy) is 1. The van der Waals surface area contributed by atoms with Gasteiger partial charge in [0.25, 0.3) is 0 Å². The molecule has 2 amide bonds. The molecule has 0 aliphatic rings. The van der Waals surface area contributed by atoms with E-state index < -0.39 is 18.1 Å². The largest absolute Gasteiger partial charge is 0.481 e. The lowest BCUT2D eigenvalue weighted by Crippen LogP contribution is -2.37. The van der Waals surface area contributed by atoms with Crippen LogP contribution in [-0.2, 0) is 27.3 Å². The van der Waals surface area contributed by atoms with E-state index >= 15 is 0 Å². The number of carboxylic acid groups (broad SMARTS) is 1. The predicted molar refractivity (Wildman–Crippen MR) is 102 cm³/mol. The van der Waals surface area contributed by atoms with E-state index in [1.807, 2.05) is 19.2 Å². The standard InChI is InChI=1S/C18H23N5O5/c1-2-23-9-7-14(22-23)11-15(19)17(26)20-12-3-5-13(6-4-12)21-18(27)28-10-8-16(24)25/h3-7,9,15H,2,8,10-11,19H2,1H3,(H,20,26)(H,21,27)(H,24,25)/t15-/m0/s1. The number of aryl methyl sites for hydroxylation is 1. The van der Waals surface area contributed by atoms with E-state index in [9.17, 15) is 14.4 Å². The third kappa shape index (κ3) is 6.72. The number of carboxylic acids is 1. The molecule has 0 bridgehead atoms. The lowest BCUT2D eigenvalue weighted by molar-refractivity contribution is -0.137. The van der Waals surface area contributed by atoms with Gasteiger partial charge in [-0.3, -0.25) is 19.6 Å². The molecule has 150 valence electrons. The second kappa shape index (κ2) is 10.1. The number of carbonyl (C=O) groups is 3. The molecular weight excluding hydrogens is 366 g/mol. The summed E-state index contributed by atoms with van der Waals surface area (Å²) in [5.41, 5.74) is 7.63. The molecule has 0 unspecified atom stereocenters. The molecule has 1 atom stereocenters. The minimum absolute atomic E-state index is 0.219. The lowest BCUT2D eigenvalue weighted by atomic mass is 10.1. The summed E-state index contributed by atoms with van der Waals surface area (Å²) in [6.45, 7) is 2.50. The fraction of sp³-hybridized carbons (Fsp3) is 0.333. The highest BCUT2D eigenvalue weighted by Crippen LogP contribution is 2.14. The number of nitrogens with two attached hydrogens (primary N) is 1. The van der Waals surface area contributed by atoms with Gasteiger partial charge in [-0.25, -0.2) is 4.79 Å². The number of hydrogen-bond donors (Lipinski definition) is 4. The normalized spacial score (nSPS) is 11.5. The van der Waals surface area contributed by atoms with Crippen LogP contribution >= 0.6 is 0 Å².